The fourth-order valence-corrected chi connectivity index (χ4v) is 6.95. The van der Waals surface area contributed by atoms with Gasteiger partial charge in [-0.1, -0.05) is 13.8 Å². The van der Waals surface area contributed by atoms with Gasteiger partial charge in [0, 0.05) is 43.1 Å². The van der Waals surface area contributed by atoms with Crippen LogP contribution in [0.2, 0.25) is 0 Å². The normalized spacial score (nSPS) is 27.8. The summed E-state index contributed by atoms with van der Waals surface area (Å²) in [6.45, 7) is 3.28. The van der Waals surface area contributed by atoms with E-state index in [1.165, 1.54) is 21.6 Å². The number of alkyl halides is 3. The van der Waals surface area contributed by atoms with Gasteiger partial charge in [-0.15, -0.1) is 16.9 Å². The van der Waals surface area contributed by atoms with E-state index in [2.05, 4.69) is 20.8 Å². The molecule has 0 radical (unpaired) electrons. The van der Waals surface area contributed by atoms with E-state index in [1.54, 1.807) is 21.0 Å². The van der Waals surface area contributed by atoms with Gasteiger partial charge >= 0.3 is 12.1 Å². The van der Waals surface area contributed by atoms with Crippen LogP contribution in [0.15, 0.2) is 10.6 Å². The highest BCUT2D eigenvalue weighted by Crippen LogP contribution is 2.53. The first-order valence-corrected chi connectivity index (χ1v) is 12.9. The molecule has 0 spiro atoms. The Labute approximate surface area is 220 Å². The quantitative estimate of drug-likeness (QED) is 0.412. The van der Waals surface area contributed by atoms with E-state index < -0.39 is 54.1 Å². The van der Waals surface area contributed by atoms with Crippen LogP contribution in [0.3, 0.4) is 0 Å². The van der Waals surface area contributed by atoms with E-state index in [1.807, 2.05) is 6.92 Å². The second-order valence-electron chi connectivity index (χ2n) is 10.1. The number of rotatable bonds is 9. The molecular formula is C22H28F3N7O5S. The number of Topliss-reactive ketones (excluding diaryl/α,β-unsaturated/α-hetero) is 1. The van der Waals surface area contributed by atoms with Crippen molar-refractivity contribution in [1.82, 2.24) is 35.3 Å². The zero-order valence-electron chi connectivity index (χ0n) is 21.1. The molecule has 12 nitrogen and oxygen atoms in total. The molecule has 0 saturated carbocycles. The molecule has 3 aliphatic heterocycles. The maximum atomic E-state index is 13.1. The second kappa shape index (κ2) is 10.3. The molecule has 208 valence electrons. The highest BCUT2D eigenvalue weighted by Gasteiger charge is 2.60. The molecule has 38 heavy (non-hydrogen) atoms. The minimum Gasteiger partial charge on any atom is -0.477 e. The van der Waals surface area contributed by atoms with Gasteiger partial charge in [0.15, 0.2) is 5.78 Å². The minimum absolute atomic E-state index is 0.0680. The Kier molecular flexibility index (Phi) is 7.58. The van der Waals surface area contributed by atoms with E-state index in [0.717, 1.165) is 0 Å². The molecule has 0 aliphatic carbocycles. The second-order valence-corrected chi connectivity index (χ2v) is 11.4. The van der Waals surface area contributed by atoms with Crippen molar-refractivity contribution >= 4 is 35.3 Å². The molecule has 1 aromatic heterocycles. The van der Waals surface area contributed by atoms with Crippen LogP contribution in [0.1, 0.15) is 32.5 Å². The molecule has 6 atom stereocenters. The summed E-state index contributed by atoms with van der Waals surface area (Å²) in [7, 11) is 3.32. The highest BCUT2D eigenvalue weighted by atomic mass is 32.2. The number of carboxylic acid groups (broad SMARTS) is 1. The smallest absolute Gasteiger partial charge is 0.453 e. The van der Waals surface area contributed by atoms with E-state index in [4.69, 9.17) is 0 Å². The number of hydrogen-bond donors (Lipinski definition) is 2. The van der Waals surface area contributed by atoms with Crippen molar-refractivity contribution in [1.29, 1.82) is 0 Å². The fraction of sp³-hybridized carbons (Fsp3) is 0.682. The molecule has 4 rings (SSSR count). The van der Waals surface area contributed by atoms with Crippen LogP contribution >= 0.6 is 11.8 Å². The number of β-lactam (4-membered cyclic amide) rings is 1. The van der Waals surface area contributed by atoms with Crippen molar-refractivity contribution in [2.75, 3.05) is 20.6 Å². The maximum Gasteiger partial charge on any atom is 0.453 e. The molecule has 0 aromatic carbocycles. The lowest BCUT2D eigenvalue weighted by Gasteiger charge is -2.47. The van der Waals surface area contributed by atoms with Gasteiger partial charge in [-0.05, 0) is 22.8 Å². The van der Waals surface area contributed by atoms with Crippen molar-refractivity contribution in [2.24, 2.45) is 17.8 Å². The zero-order valence-corrected chi connectivity index (χ0v) is 21.9. The monoisotopic (exact) mass is 559 g/mol. The first kappa shape index (κ1) is 28.0. The van der Waals surface area contributed by atoms with Gasteiger partial charge in [-0.3, -0.25) is 14.4 Å². The first-order valence-electron chi connectivity index (χ1n) is 12.0. The Hall–Kier alpha value is -3.01. The van der Waals surface area contributed by atoms with Crippen LogP contribution in [-0.2, 0) is 31.9 Å². The lowest BCUT2D eigenvalue weighted by Crippen LogP contribution is -2.62. The minimum atomic E-state index is -4.82. The van der Waals surface area contributed by atoms with Crippen LogP contribution in [0.4, 0.5) is 13.2 Å². The number of nitrogens with one attached hydrogen (secondary N) is 1. The summed E-state index contributed by atoms with van der Waals surface area (Å²) < 4.78 is 39.4. The van der Waals surface area contributed by atoms with Crippen molar-refractivity contribution < 1.29 is 37.5 Å². The van der Waals surface area contributed by atoms with Crippen molar-refractivity contribution in [3.05, 3.63) is 16.4 Å². The van der Waals surface area contributed by atoms with Gasteiger partial charge in [0.05, 0.1) is 18.0 Å². The topological polar surface area (TPSA) is 151 Å². The molecule has 2 N–H and O–H groups in total. The molecule has 2 amide bonds. The summed E-state index contributed by atoms with van der Waals surface area (Å²) in [6, 6.07) is -0.852. The molecule has 3 aliphatic rings. The number of thioether (sulfide) groups is 1. The van der Waals surface area contributed by atoms with Gasteiger partial charge in [0.2, 0.25) is 11.8 Å². The van der Waals surface area contributed by atoms with Crippen LogP contribution in [0.25, 0.3) is 0 Å². The number of halogens is 3. The summed E-state index contributed by atoms with van der Waals surface area (Å²) in [4.78, 5) is 53.4. The Bertz CT molecular complexity index is 1190. The summed E-state index contributed by atoms with van der Waals surface area (Å²) >= 11 is 1.35. The van der Waals surface area contributed by atoms with Crippen LogP contribution < -0.4 is 5.32 Å². The lowest BCUT2D eigenvalue weighted by molar-refractivity contribution is -0.160. The Morgan fingerprint density at radius 2 is 1.97 bits per heavy atom. The maximum absolute atomic E-state index is 13.1. The van der Waals surface area contributed by atoms with Crippen molar-refractivity contribution in [3.63, 3.8) is 0 Å². The third-order valence-electron chi connectivity index (χ3n) is 7.19. The predicted octanol–water partition coefficient (Wildman–Crippen LogP) is 0.612. The van der Waals surface area contributed by atoms with Gasteiger partial charge in [0.1, 0.15) is 12.2 Å². The summed E-state index contributed by atoms with van der Waals surface area (Å²) in [5.74, 6) is -5.24. The summed E-state index contributed by atoms with van der Waals surface area (Å²) in [6.07, 6.45) is -4.51. The number of nitrogens with zero attached hydrogens (tertiary/aromatic N) is 6. The number of carboxylic acids is 1. The number of hydrogen-bond acceptors (Lipinski definition) is 9. The number of carbonyl (C=O) groups is 4. The molecule has 0 bridgehead atoms. The number of amides is 2. The molecule has 4 heterocycles. The number of ketones is 1. The molecule has 2 fully saturated rings. The van der Waals surface area contributed by atoms with Gasteiger partial charge in [0.25, 0.3) is 5.82 Å². The Balaban J connectivity index is 1.43. The third-order valence-corrected chi connectivity index (χ3v) is 8.70. The SMILES string of the molecule is C[C@@H](CC(=O)Cn1nnnc1C(F)(F)F)[C@H]1C(=O)N2C(C(=O)O)=C(S[C@@H]3CN[C@H](C(=O)N(C)C)C3)[C@H](C)[C@H]12. The van der Waals surface area contributed by atoms with E-state index >= 15 is 0 Å². The fourth-order valence-electron chi connectivity index (χ4n) is 5.47. The zero-order chi connectivity index (χ0) is 28.1. The van der Waals surface area contributed by atoms with Gasteiger partial charge < -0.3 is 20.2 Å². The predicted molar refractivity (Wildman–Crippen MR) is 126 cm³/mol. The van der Waals surface area contributed by atoms with Crippen LogP contribution in [0.5, 0.6) is 0 Å². The standard InChI is InChI=1S/C22H28F3N7O5S/c1-9(5-11(33)8-31-21(22(23,24)25)27-28-29-31)14-15-10(2)17(16(20(36)37)32(15)19(14)35)38-12-6-13(26-7-12)18(34)30(3)4/h9-10,12-15,26H,5-8H2,1-4H3,(H,36,37)/t9-,10+,12-,13-,14+,15+/m0/s1. The number of carbonyl (C=O) groups excluding carboxylic acids is 3. The van der Waals surface area contributed by atoms with Crippen LogP contribution in [-0.4, -0.2) is 96.7 Å². The molecule has 0 unspecified atom stereocenters. The van der Waals surface area contributed by atoms with Crippen LogP contribution in [0, 0.1) is 17.8 Å². The Morgan fingerprint density at radius 1 is 1.29 bits per heavy atom. The van der Waals surface area contributed by atoms with Crippen molar-refractivity contribution in [2.45, 2.75) is 56.7 Å². The number of aliphatic carboxylic acids is 1. The van der Waals surface area contributed by atoms with E-state index in [9.17, 15) is 37.5 Å². The average molecular weight is 560 g/mol. The molecule has 2 saturated heterocycles. The number of aromatic nitrogens is 4. The number of tetrazole rings is 1. The number of fused-ring (bicyclic) bond motifs is 1. The van der Waals surface area contributed by atoms with Gasteiger partial charge in [-0.2, -0.15) is 13.2 Å². The number of likely N-dealkylation sites (N-methyl/N-ethyl adjacent to an activating group) is 1. The summed E-state index contributed by atoms with van der Waals surface area (Å²) in [5.41, 5.74) is -0.0850. The lowest BCUT2D eigenvalue weighted by atomic mass is 9.73. The van der Waals surface area contributed by atoms with E-state index in [0.29, 0.717) is 22.6 Å². The molecule has 1 aromatic rings. The third kappa shape index (κ3) is 5.02. The molecule has 16 heteroatoms. The Morgan fingerprint density at radius 3 is 2.58 bits per heavy atom. The average Bonchev–Trinajstić information content (AvgIpc) is 3.51. The van der Waals surface area contributed by atoms with Crippen molar-refractivity contribution in [3.8, 4) is 0 Å². The largest absolute Gasteiger partial charge is 0.477 e. The van der Waals surface area contributed by atoms with E-state index in [-0.39, 0.29) is 35.2 Å². The molecular weight excluding hydrogens is 531 g/mol. The summed E-state index contributed by atoms with van der Waals surface area (Å²) in [5, 5.41) is 22.2. The first-order chi connectivity index (χ1) is 17.7. The highest BCUT2D eigenvalue weighted by molar-refractivity contribution is 8.03. The van der Waals surface area contributed by atoms with Gasteiger partial charge in [-0.25, -0.2) is 9.48 Å².